The summed E-state index contributed by atoms with van der Waals surface area (Å²) in [5, 5.41) is 3.44. The molecule has 1 aliphatic rings. The van der Waals surface area contributed by atoms with Crippen molar-refractivity contribution in [1.29, 1.82) is 0 Å². The minimum absolute atomic E-state index is 0.424. The first kappa shape index (κ1) is 12.9. The van der Waals surface area contributed by atoms with E-state index in [0.717, 1.165) is 37.1 Å². The Hall–Kier alpha value is -1.53. The van der Waals surface area contributed by atoms with Gasteiger partial charge in [0.25, 0.3) is 0 Å². The zero-order valence-electron chi connectivity index (χ0n) is 10.9. The third-order valence-electron chi connectivity index (χ3n) is 3.57. The van der Waals surface area contributed by atoms with Crippen LogP contribution in [0.2, 0.25) is 0 Å². The molecular weight excluding hydrogens is 224 g/mol. The van der Waals surface area contributed by atoms with Crippen LogP contribution in [0.5, 0.6) is 5.75 Å². The molecule has 1 heterocycles. The number of benzene rings is 1. The molecule has 0 spiro atoms. The Kier molecular flexibility index (Phi) is 4.60. The van der Waals surface area contributed by atoms with Crippen LogP contribution in [0.15, 0.2) is 24.3 Å². The lowest BCUT2D eigenvalue weighted by Gasteiger charge is -2.14. The molecule has 0 radical (unpaired) electrons. The summed E-state index contributed by atoms with van der Waals surface area (Å²) in [7, 11) is 0. The predicted molar refractivity (Wildman–Crippen MR) is 72.6 cm³/mol. The third-order valence-corrected chi connectivity index (χ3v) is 3.57. The zero-order valence-corrected chi connectivity index (χ0v) is 10.9. The quantitative estimate of drug-likeness (QED) is 0.635. The van der Waals surface area contributed by atoms with Gasteiger partial charge in [0.2, 0.25) is 6.54 Å². The van der Waals surface area contributed by atoms with Gasteiger partial charge in [-0.05, 0) is 49.0 Å². The average molecular weight is 244 g/mol. The number of ether oxygens (including phenoxy) is 1. The molecule has 1 saturated heterocycles. The summed E-state index contributed by atoms with van der Waals surface area (Å²) in [4.78, 5) is 3.26. The van der Waals surface area contributed by atoms with Crippen molar-refractivity contribution < 1.29 is 4.74 Å². The van der Waals surface area contributed by atoms with Crippen molar-refractivity contribution in [3.63, 3.8) is 0 Å². The first-order chi connectivity index (χ1) is 8.79. The number of nitrogens with zero attached hydrogens (tertiary/aromatic N) is 1. The van der Waals surface area contributed by atoms with E-state index in [9.17, 15) is 0 Å². The van der Waals surface area contributed by atoms with Gasteiger partial charge in [-0.1, -0.05) is 19.1 Å². The van der Waals surface area contributed by atoms with Gasteiger partial charge in [0.15, 0.2) is 6.61 Å². The highest BCUT2D eigenvalue weighted by molar-refractivity contribution is 5.27. The van der Waals surface area contributed by atoms with Gasteiger partial charge in [-0.3, -0.25) is 0 Å². The number of rotatable bonds is 5. The van der Waals surface area contributed by atoms with E-state index in [2.05, 4.69) is 29.2 Å². The smallest absolute Gasteiger partial charge is 0.248 e. The van der Waals surface area contributed by atoms with E-state index >= 15 is 0 Å². The van der Waals surface area contributed by atoms with Gasteiger partial charge >= 0.3 is 0 Å². The summed E-state index contributed by atoms with van der Waals surface area (Å²) in [6.45, 7) is 12.2. The molecular formula is C15H20N2O. The van der Waals surface area contributed by atoms with Gasteiger partial charge in [-0.2, -0.15) is 0 Å². The third kappa shape index (κ3) is 3.48. The van der Waals surface area contributed by atoms with E-state index in [1.807, 2.05) is 12.1 Å². The zero-order chi connectivity index (χ0) is 12.8. The molecule has 0 aromatic heterocycles. The van der Waals surface area contributed by atoms with E-state index in [0.29, 0.717) is 13.2 Å². The van der Waals surface area contributed by atoms with Gasteiger partial charge < -0.3 is 14.9 Å². The van der Waals surface area contributed by atoms with Crippen LogP contribution in [-0.2, 0) is 6.42 Å². The van der Waals surface area contributed by atoms with E-state index < -0.39 is 0 Å². The Labute approximate surface area is 109 Å². The van der Waals surface area contributed by atoms with Crippen LogP contribution in [0.1, 0.15) is 12.5 Å². The lowest BCUT2D eigenvalue weighted by molar-refractivity contribution is 0.336. The summed E-state index contributed by atoms with van der Waals surface area (Å²) < 4.78 is 5.47. The molecule has 0 aliphatic carbocycles. The average Bonchev–Trinajstić information content (AvgIpc) is 2.78. The molecule has 2 atom stereocenters. The Morgan fingerprint density at radius 2 is 2.11 bits per heavy atom. The standard InChI is InChI=1S/C15H20N2O/c1-12-10-17-11-14(12)9-13-3-5-15(6-4-13)18-8-7-16-2/h3-6,12,14,17H,7-11H2,1H3/t12-,14+/m0/s1. The van der Waals surface area contributed by atoms with Gasteiger partial charge in [0.05, 0.1) is 0 Å². The van der Waals surface area contributed by atoms with E-state index in [1.54, 1.807) is 0 Å². The highest BCUT2D eigenvalue weighted by Crippen LogP contribution is 2.22. The highest BCUT2D eigenvalue weighted by Gasteiger charge is 2.22. The van der Waals surface area contributed by atoms with Crippen molar-refractivity contribution in [3.8, 4) is 5.75 Å². The fraction of sp³-hybridized carbons (Fsp3) is 0.533. The van der Waals surface area contributed by atoms with Crippen molar-refractivity contribution in [2.45, 2.75) is 13.3 Å². The number of hydrogen-bond acceptors (Lipinski definition) is 2. The summed E-state index contributed by atoms with van der Waals surface area (Å²) in [6, 6.07) is 8.29. The van der Waals surface area contributed by atoms with Gasteiger partial charge in [-0.15, -0.1) is 0 Å². The van der Waals surface area contributed by atoms with E-state index in [4.69, 9.17) is 11.3 Å². The first-order valence-corrected chi connectivity index (χ1v) is 6.55. The fourth-order valence-corrected chi connectivity index (χ4v) is 2.37. The van der Waals surface area contributed by atoms with Gasteiger partial charge in [-0.25, -0.2) is 6.57 Å². The minimum atomic E-state index is 0.424. The lowest BCUT2D eigenvalue weighted by Crippen LogP contribution is -2.12. The van der Waals surface area contributed by atoms with E-state index in [-0.39, 0.29) is 0 Å². The van der Waals surface area contributed by atoms with Crippen LogP contribution < -0.4 is 10.1 Å². The van der Waals surface area contributed by atoms with Crippen LogP contribution in [0, 0.1) is 18.4 Å². The largest absolute Gasteiger partial charge is 0.486 e. The molecule has 18 heavy (non-hydrogen) atoms. The lowest BCUT2D eigenvalue weighted by atomic mass is 9.91. The molecule has 0 bridgehead atoms. The molecule has 1 aromatic rings. The molecule has 1 fully saturated rings. The van der Waals surface area contributed by atoms with Gasteiger partial charge in [0, 0.05) is 0 Å². The normalized spacial score (nSPS) is 22.7. The van der Waals surface area contributed by atoms with Crippen molar-refractivity contribution in [1.82, 2.24) is 5.32 Å². The molecule has 2 rings (SSSR count). The number of hydrogen-bond donors (Lipinski definition) is 1. The van der Waals surface area contributed by atoms with Crippen molar-refractivity contribution in [3.05, 3.63) is 41.2 Å². The fourth-order valence-electron chi connectivity index (χ4n) is 2.37. The summed E-state index contributed by atoms with van der Waals surface area (Å²) in [5.41, 5.74) is 1.37. The molecule has 0 amide bonds. The molecule has 0 unspecified atom stereocenters. The topological polar surface area (TPSA) is 25.6 Å². The summed E-state index contributed by atoms with van der Waals surface area (Å²) in [6.07, 6.45) is 1.14. The van der Waals surface area contributed by atoms with Gasteiger partial charge in [0.1, 0.15) is 5.75 Å². The predicted octanol–water partition coefficient (Wildman–Crippen LogP) is 2.38. The molecule has 1 aromatic carbocycles. The van der Waals surface area contributed by atoms with Crippen LogP contribution >= 0.6 is 0 Å². The number of nitrogens with one attached hydrogen (secondary N) is 1. The maximum Gasteiger partial charge on any atom is 0.248 e. The second kappa shape index (κ2) is 6.42. The van der Waals surface area contributed by atoms with Crippen molar-refractivity contribution in [2.24, 2.45) is 11.8 Å². The van der Waals surface area contributed by atoms with Crippen LogP contribution in [-0.4, -0.2) is 26.2 Å². The second-order valence-corrected chi connectivity index (χ2v) is 4.97. The summed E-state index contributed by atoms with van der Waals surface area (Å²) >= 11 is 0. The van der Waals surface area contributed by atoms with Crippen molar-refractivity contribution >= 4 is 0 Å². The van der Waals surface area contributed by atoms with Crippen LogP contribution in [0.25, 0.3) is 4.85 Å². The SMILES string of the molecule is [C-]#[N+]CCOc1ccc(C[C@@H]2CNC[C@@H]2C)cc1. The second-order valence-electron chi connectivity index (χ2n) is 4.97. The minimum Gasteiger partial charge on any atom is -0.486 e. The Morgan fingerprint density at radius 1 is 1.33 bits per heavy atom. The molecule has 1 N–H and O–H groups in total. The van der Waals surface area contributed by atoms with Crippen molar-refractivity contribution in [2.75, 3.05) is 26.2 Å². The molecule has 0 saturated carbocycles. The van der Waals surface area contributed by atoms with Crippen LogP contribution in [0.3, 0.4) is 0 Å². The maximum atomic E-state index is 6.69. The Bertz CT molecular complexity index is 407. The monoisotopic (exact) mass is 244 g/mol. The molecule has 1 aliphatic heterocycles. The maximum absolute atomic E-state index is 6.69. The first-order valence-electron chi connectivity index (χ1n) is 6.55. The summed E-state index contributed by atoms with van der Waals surface area (Å²) in [5.74, 6) is 2.37. The van der Waals surface area contributed by atoms with E-state index in [1.165, 1.54) is 5.56 Å². The molecule has 3 nitrogen and oxygen atoms in total. The molecule has 96 valence electrons. The molecule has 3 heteroatoms. The highest BCUT2D eigenvalue weighted by atomic mass is 16.5. The Morgan fingerprint density at radius 3 is 2.72 bits per heavy atom. The van der Waals surface area contributed by atoms with Crippen LogP contribution in [0.4, 0.5) is 0 Å². The Balaban J connectivity index is 1.85.